The SMILES string of the molecule is CCOCC.Clc1cccc(-c2ccccc2)c1. The van der Waals surface area contributed by atoms with Crippen molar-refractivity contribution in [3.05, 3.63) is 59.6 Å². The molecule has 0 atom stereocenters. The van der Waals surface area contributed by atoms with Gasteiger partial charge in [-0.2, -0.15) is 0 Å². The van der Waals surface area contributed by atoms with Crippen molar-refractivity contribution in [2.24, 2.45) is 0 Å². The van der Waals surface area contributed by atoms with Crippen molar-refractivity contribution in [2.45, 2.75) is 13.8 Å². The van der Waals surface area contributed by atoms with E-state index in [0.29, 0.717) is 0 Å². The van der Waals surface area contributed by atoms with Crippen LogP contribution < -0.4 is 0 Å². The van der Waals surface area contributed by atoms with E-state index in [4.69, 9.17) is 16.3 Å². The maximum absolute atomic E-state index is 5.89. The average Bonchev–Trinajstić information content (AvgIpc) is 2.41. The van der Waals surface area contributed by atoms with Crippen molar-refractivity contribution in [2.75, 3.05) is 13.2 Å². The molecule has 0 spiro atoms. The fourth-order valence-corrected chi connectivity index (χ4v) is 1.69. The van der Waals surface area contributed by atoms with Gasteiger partial charge in [-0.3, -0.25) is 0 Å². The number of benzene rings is 2. The summed E-state index contributed by atoms with van der Waals surface area (Å²) in [4.78, 5) is 0. The molecule has 0 aromatic heterocycles. The standard InChI is InChI=1S/C12H9Cl.C4H10O/c13-12-8-4-7-11(9-12)10-5-2-1-3-6-10;1-3-5-4-2/h1-9H;3-4H2,1-2H3. The van der Waals surface area contributed by atoms with E-state index in [1.807, 2.05) is 50.2 Å². The van der Waals surface area contributed by atoms with Gasteiger partial charge in [0.05, 0.1) is 0 Å². The average molecular weight is 263 g/mol. The van der Waals surface area contributed by atoms with Crippen LogP contribution in [0.25, 0.3) is 11.1 Å². The Bertz CT molecular complexity index is 438. The Morgan fingerprint density at radius 3 is 1.94 bits per heavy atom. The first-order chi connectivity index (χ1) is 8.77. The summed E-state index contributed by atoms with van der Waals surface area (Å²) in [6.07, 6.45) is 0. The zero-order chi connectivity index (χ0) is 13.2. The molecule has 0 amide bonds. The summed E-state index contributed by atoms with van der Waals surface area (Å²) in [6, 6.07) is 18.1. The summed E-state index contributed by atoms with van der Waals surface area (Å²) in [5.74, 6) is 0. The molecule has 96 valence electrons. The lowest BCUT2D eigenvalue weighted by Crippen LogP contribution is -1.84. The smallest absolute Gasteiger partial charge is 0.0437 e. The summed E-state index contributed by atoms with van der Waals surface area (Å²) in [7, 11) is 0. The molecule has 0 aliphatic carbocycles. The van der Waals surface area contributed by atoms with Gasteiger partial charge in [0.2, 0.25) is 0 Å². The molecule has 0 heterocycles. The minimum Gasteiger partial charge on any atom is -0.382 e. The molecule has 0 aliphatic rings. The Hall–Kier alpha value is -1.31. The van der Waals surface area contributed by atoms with Crippen molar-refractivity contribution in [1.29, 1.82) is 0 Å². The summed E-state index contributed by atoms with van der Waals surface area (Å²) in [6.45, 7) is 5.67. The molecule has 0 saturated carbocycles. The third-order valence-electron chi connectivity index (χ3n) is 2.34. The van der Waals surface area contributed by atoms with Crippen molar-refractivity contribution in [3.63, 3.8) is 0 Å². The molecular formula is C16H19ClO. The van der Waals surface area contributed by atoms with E-state index in [-0.39, 0.29) is 0 Å². The largest absolute Gasteiger partial charge is 0.382 e. The molecule has 0 bridgehead atoms. The Morgan fingerprint density at radius 1 is 0.833 bits per heavy atom. The highest BCUT2D eigenvalue weighted by Crippen LogP contribution is 2.21. The van der Waals surface area contributed by atoms with Crippen LogP contribution >= 0.6 is 11.6 Å². The lowest BCUT2D eigenvalue weighted by molar-refractivity contribution is 0.162. The van der Waals surface area contributed by atoms with Gasteiger partial charge < -0.3 is 4.74 Å². The van der Waals surface area contributed by atoms with E-state index >= 15 is 0 Å². The van der Waals surface area contributed by atoms with E-state index < -0.39 is 0 Å². The van der Waals surface area contributed by atoms with Crippen molar-refractivity contribution in [3.8, 4) is 11.1 Å². The molecule has 2 rings (SSSR count). The van der Waals surface area contributed by atoms with Gasteiger partial charge in [-0.15, -0.1) is 0 Å². The van der Waals surface area contributed by atoms with E-state index in [0.717, 1.165) is 23.8 Å². The van der Waals surface area contributed by atoms with Crippen LogP contribution in [0, 0.1) is 0 Å². The monoisotopic (exact) mass is 262 g/mol. The molecular weight excluding hydrogens is 244 g/mol. The molecule has 0 radical (unpaired) electrons. The van der Waals surface area contributed by atoms with E-state index in [2.05, 4.69) is 18.2 Å². The third kappa shape index (κ3) is 5.35. The van der Waals surface area contributed by atoms with Gasteiger partial charge in [0.1, 0.15) is 0 Å². The Kier molecular flexibility index (Phi) is 7.16. The second-order valence-electron chi connectivity index (χ2n) is 3.66. The summed E-state index contributed by atoms with van der Waals surface area (Å²) in [5.41, 5.74) is 2.36. The minimum absolute atomic E-state index is 0.779. The molecule has 0 N–H and O–H groups in total. The highest BCUT2D eigenvalue weighted by atomic mass is 35.5. The highest BCUT2D eigenvalue weighted by Gasteiger charge is 1.95. The molecule has 2 aromatic carbocycles. The lowest BCUT2D eigenvalue weighted by Gasteiger charge is -2.00. The molecule has 0 unspecified atom stereocenters. The lowest BCUT2D eigenvalue weighted by atomic mass is 10.1. The van der Waals surface area contributed by atoms with Crippen LogP contribution in [0.15, 0.2) is 54.6 Å². The quantitative estimate of drug-likeness (QED) is 0.752. The van der Waals surface area contributed by atoms with Gasteiger partial charge in [-0.1, -0.05) is 54.1 Å². The maximum Gasteiger partial charge on any atom is 0.0437 e. The highest BCUT2D eigenvalue weighted by molar-refractivity contribution is 6.30. The Balaban J connectivity index is 0.000000280. The fraction of sp³-hybridized carbons (Fsp3) is 0.250. The number of ether oxygens (including phenoxy) is 1. The first-order valence-electron chi connectivity index (χ1n) is 6.16. The fourth-order valence-electron chi connectivity index (χ4n) is 1.50. The van der Waals surface area contributed by atoms with Crippen LogP contribution in [-0.2, 0) is 4.74 Å². The van der Waals surface area contributed by atoms with Gasteiger partial charge in [0, 0.05) is 18.2 Å². The summed E-state index contributed by atoms with van der Waals surface area (Å²) < 4.78 is 4.83. The van der Waals surface area contributed by atoms with Crippen LogP contribution in [0.3, 0.4) is 0 Å². The van der Waals surface area contributed by atoms with Crippen LogP contribution in [-0.4, -0.2) is 13.2 Å². The topological polar surface area (TPSA) is 9.23 Å². The first kappa shape index (κ1) is 14.7. The normalized spacial score (nSPS) is 9.50. The molecule has 18 heavy (non-hydrogen) atoms. The van der Waals surface area contributed by atoms with Crippen molar-refractivity contribution in [1.82, 2.24) is 0 Å². The van der Waals surface area contributed by atoms with Crippen molar-refractivity contribution < 1.29 is 4.74 Å². The van der Waals surface area contributed by atoms with Gasteiger partial charge in [0.15, 0.2) is 0 Å². The number of halogens is 1. The van der Waals surface area contributed by atoms with E-state index in [1.165, 1.54) is 5.56 Å². The van der Waals surface area contributed by atoms with Gasteiger partial charge >= 0.3 is 0 Å². The van der Waals surface area contributed by atoms with Crippen LogP contribution in [0.1, 0.15) is 13.8 Å². The zero-order valence-electron chi connectivity index (χ0n) is 10.9. The van der Waals surface area contributed by atoms with E-state index in [9.17, 15) is 0 Å². The first-order valence-corrected chi connectivity index (χ1v) is 6.54. The van der Waals surface area contributed by atoms with Crippen LogP contribution in [0.4, 0.5) is 0 Å². The van der Waals surface area contributed by atoms with Gasteiger partial charge in [-0.05, 0) is 37.1 Å². The number of rotatable bonds is 3. The van der Waals surface area contributed by atoms with E-state index in [1.54, 1.807) is 0 Å². The minimum atomic E-state index is 0.779. The van der Waals surface area contributed by atoms with Crippen LogP contribution in [0.2, 0.25) is 5.02 Å². The van der Waals surface area contributed by atoms with Crippen molar-refractivity contribution >= 4 is 11.6 Å². The van der Waals surface area contributed by atoms with Gasteiger partial charge in [0.25, 0.3) is 0 Å². The summed E-state index contributed by atoms with van der Waals surface area (Å²) in [5, 5.41) is 0.779. The predicted molar refractivity (Wildman–Crippen MR) is 79.1 cm³/mol. The molecule has 1 nitrogen and oxygen atoms in total. The number of hydrogen-bond acceptors (Lipinski definition) is 1. The summed E-state index contributed by atoms with van der Waals surface area (Å²) >= 11 is 5.89. The molecule has 0 aliphatic heterocycles. The maximum atomic E-state index is 5.89. The molecule has 0 saturated heterocycles. The number of hydrogen-bond donors (Lipinski definition) is 0. The Morgan fingerprint density at radius 2 is 1.44 bits per heavy atom. The zero-order valence-corrected chi connectivity index (χ0v) is 11.7. The van der Waals surface area contributed by atoms with Gasteiger partial charge in [-0.25, -0.2) is 0 Å². The Labute approximate surface area is 114 Å². The molecule has 0 fully saturated rings. The van der Waals surface area contributed by atoms with Crippen LogP contribution in [0.5, 0.6) is 0 Å². The third-order valence-corrected chi connectivity index (χ3v) is 2.58. The predicted octanol–water partition coefficient (Wildman–Crippen LogP) is 5.05. The molecule has 2 aromatic rings. The second-order valence-corrected chi connectivity index (χ2v) is 4.09. The second kappa shape index (κ2) is 8.73. The molecule has 2 heteroatoms.